The minimum absolute atomic E-state index is 0.0795. The van der Waals surface area contributed by atoms with E-state index in [-0.39, 0.29) is 11.4 Å². The number of ketones is 1. The van der Waals surface area contributed by atoms with Crippen LogP contribution in [0.15, 0.2) is 18.2 Å². The molecule has 0 unspecified atom stereocenters. The molecular formula is C15H22O4. The molecular weight excluding hydrogens is 244 g/mol. The Labute approximate surface area is 114 Å². The van der Waals surface area contributed by atoms with Crippen molar-refractivity contribution in [1.82, 2.24) is 0 Å². The van der Waals surface area contributed by atoms with Crippen molar-refractivity contribution in [3.05, 3.63) is 23.8 Å². The predicted octanol–water partition coefficient (Wildman–Crippen LogP) is 3.09. The van der Waals surface area contributed by atoms with E-state index in [0.29, 0.717) is 30.3 Å². The second kappa shape index (κ2) is 6.57. The van der Waals surface area contributed by atoms with Gasteiger partial charge in [0, 0.05) is 0 Å². The van der Waals surface area contributed by atoms with Crippen molar-refractivity contribution in [2.45, 2.75) is 33.3 Å². The molecule has 0 N–H and O–H groups in total. The molecule has 19 heavy (non-hydrogen) atoms. The van der Waals surface area contributed by atoms with Gasteiger partial charge in [-0.3, -0.25) is 4.79 Å². The van der Waals surface area contributed by atoms with Gasteiger partial charge in [0.25, 0.3) is 0 Å². The van der Waals surface area contributed by atoms with E-state index >= 15 is 0 Å². The van der Waals surface area contributed by atoms with Crippen LogP contribution in [0.25, 0.3) is 0 Å². The van der Waals surface area contributed by atoms with Crippen LogP contribution in [0.3, 0.4) is 0 Å². The first-order valence-corrected chi connectivity index (χ1v) is 6.30. The van der Waals surface area contributed by atoms with Gasteiger partial charge < -0.3 is 14.2 Å². The zero-order valence-corrected chi connectivity index (χ0v) is 12.3. The second-order valence-electron chi connectivity index (χ2n) is 5.20. The van der Waals surface area contributed by atoms with Gasteiger partial charge in [-0.25, -0.2) is 0 Å². The molecule has 0 bridgehead atoms. The quantitative estimate of drug-likeness (QED) is 0.586. The first kappa shape index (κ1) is 15.5. The molecule has 0 heterocycles. The van der Waals surface area contributed by atoms with Crippen LogP contribution < -0.4 is 9.47 Å². The third kappa shape index (κ3) is 4.91. The number of methoxy groups -OCH3 is 1. The van der Waals surface area contributed by atoms with E-state index in [2.05, 4.69) is 0 Å². The number of hydrogen-bond acceptors (Lipinski definition) is 4. The maximum absolute atomic E-state index is 11.6. The topological polar surface area (TPSA) is 44.8 Å². The summed E-state index contributed by atoms with van der Waals surface area (Å²) in [6, 6.07) is 5.30. The average molecular weight is 266 g/mol. The highest BCUT2D eigenvalue weighted by molar-refractivity contribution is 5.99. The Bertz CT molecular complexity index is 432. The normalized spacial score (nSPS) is 11.2. The zero-order chi connectivity index (χ0) is 14.5. The van der Waals surface area contributed by atoms with Crippen molar-refractivity contribution in [1.29, 1.82) is 0 Å². The van der Waals surface area contributed by atoms with Gasteiger partial charge in [-0.1, -0.05) is 6.07 Å². The molecule has 0 radical (unpaired) electrons. The van der Waals surface area contributed by atoms with Crippen molar-refractivity contribution in [3.8, 4) is 11.5 Å². The molecule has 0 aromatic heterocycles. The number of carbonyl (C=O) groups is 1. The number of carbonyl (C=O) groups excluding carboxylic acids is 1. The van der Waals surface area contributed by atoms with Gasteiger partial charge >= 0.3 is 0 Å². The fourth-order valence-corrected chi connectivity index (χ4v) is 1.65. The number of Topliss-reactive ketones (excluding diaryl/α,β-unsaturated/α-hetero) is 1. The lowest BCUT2D eigenvalue weighted by molar-refractivity contribution is -0.0164. The van der Waals surface area contributed by atoms with E-state index in [1.807, 2.05) is 20.8 Å². The maximum Gasteiger partial charge on any atom is 0.167 e. The molecule has 0 spiro atoms. The molecule has 4 nitrogen and oxygen atoms in total. The number of ether oxygens (including phenoxy) is 3. The summed E-state index contributed by atoms with van der Waals surface area (Å²) in [7, 11) is 1.54. The van der Waals surface area contributed by atoms with Crippen LogP contribution in [0.2, 0.25) is 0 Å². The summed E-state index contributed by atoms with van der Waals surface area (Å²) in [4.78, 5) is 11.6. The highest BCUT2D eigenvalue weighted by atomic mass is 16.5. The molecule has 0 saturated carbocycles. The standard InChI is InChI=1S/C15H22O4/c1-11(16)14-12(17-5)7-6-8-13(14)18-9-10-19-15(2,3)4/h6-8H,9-10H2,1-5H3. The second-order valence-corrected chi connectivity index (χ2v) is 5.20. The first-order chi connectivity index (χ1) is 8.85. The summed E-state index contributed by atoms with van der Waals surface area (Å²) in [6.45, 7) is 8.32. The van der Waals surface area contributed by atoms with E-state index in [9.17, 15) is 4.79 Å². The van der Waals surface area contributed by atoms with E-state index in [1.165, 1.54) is 14.0 Å². The van der Waals surface area contributed by atoms with Gasteiger partial charge in [0.2, 0.25) is 0 Å². The van der Waals surface area contributed by atoms with E-state index in [1.54, 1.807) is 18.2 Å². The van der Waals surface area contributed by atoms with Crippen molar-refractivity contribution in [2.75, 3.05) is 20.3 Å². The fourth-order valence-electron chi connectivity index (χ4n) is 1.65. The van der Waals surface area contributed by atoms with Gasteiger partial charge in [0.05, 0.1) is 19.3 Å². The predicted molar refractivity (Wildman–Crippen MR) is 74.2 cm³/mol. The Kier molecular flexibility index (Phi) is 5.36. The van der Waals surface area contributed by atoms with Gasteiger partial charge in [0.1, 0.15) is 23.7 Å². The van der Waals surface area contributed by atoms with Crippen LogP contribution >= 0.6 is 0 Å². The van der Waals surface area contributed by atoms with Gasteiger partial charge in [0.15, 0.2) is 5.78 Å². The molecule has 0 saturated heterocycles. The number of hydrogen-bond donors (Lipinski definition) is 0. The van der Waals surface area contributed by atoms with Crippen LogP contribution in [0.4, 0.5) is 0 Å². The van der Waals surface area contributed by atoms with Crippen LogP contribution in [-0.2, 0) is 4.74 Å². The SMILES string of the molecule is COc1cccc(OCCOC(C)(C)C)c1C(C)=O. The van der Waals surface area contributed by atoms with E-state index < -0.39 is 0 Å². The van der Waals surface area contributed by atoms with Crippen LogP contribution in [0, 0.1) is 0 Å². The molecule has 0 aliphatic heterocycles. The average Bonchev–Trinajstić information content (AvgIpc) is 2.32. The highest BCUT2D eigenvalue weighted by Crippen LogP contribution is 2.28. The molecule has 0 amide bonds. The molecule has 1 aromatic rings. The van der Waals surface area contributed by atoms with Crippen LogP contribution in [0.5, 0.6) is 11.5 Å². The van der Waals surface area contributed by atoms with Crippen LogP contribution in [-0.4, -0.2) is 31.7 Å². The third-order valence-corrected chi connectivity index (χ3v) is 2.44. The number of benzene rings is 1. The molecule has 4 heteroatoms. The van der Waals surface area contributed by atoms with Crippen molar-refractivity contribution in [2.24, 2.45) is 0 Å². The smallest absolute Gasteiger partial charge is 0.167 e. The largest absolute Gasteiger partial charge is 0.496 e. The van der Waals surface area contributed by atoms with Gasteiger partial charge in [-0.15, -0.1) is 0 Å². The summed E-state index contributed by atoms with van der Waals surface area (Å²) in [5.41, 5.74) is 0.280. The molecule has 106 valence electrons. The highest BCUT2D eigenvalue weighted by Gasteiger charge is 2.15. The Hall–Kier alpha value is -1.55. The molecule has 0 aliphatic rings. The summed E-state index contributed by atoms with van der Waals surface area (Å²) in [6.07, 6.45) is 0. The van der Waals surface area contributed by atoms with Gasteiger partial charge in [-0.2, -0.15) is 0 Å². The van der Waals surface area contributed by atoms with Crippen molar-refractivity contribution < 1.29 is 19.0 Å². The lowest BCUT2D eigenvalue weighted by Gasteiger charge is -2.20. The Morgan fingerprint density at radius 3 is 2.32 bits per heavy atom. The Morgan fingerprint density at radius 2 is 1.79 bits per heavy atom. The van der Waals surface area contributed by atoms with E-state index in [0.717, 1.165) is 0 Å². The fraction of sp³-hybridized carbons (Fsp3) is 0.533. The van der Waals surface area contributed by atoms with Crippen molar-refractivity contribution in [3.63, 3.8) is 0 Å². The maximum atomic E-state index is 11.6. The third-order valence-electron chi connectivity index (χ3n) is 2.44. The molecule has 0 fully saturated rings. The van der Waals surface area contributed by atoms with Crippen molar-refractivity contribution >= 4 is 5.78 Å². The molecule has 0 aliphatic carbocycles. The van der Waals surface area contributed by atoms with Gasteiger partial charge in [-0.05, 0) is 39.8 Å². The summed E-state index contributed by atoms with van der Waals surface area (Å²) in [5, 5.41) is 0. The first-order valence-electron chi connectivity index (χ1n) is 6.30. The lowest BCUT2D eigenvalue weighted by atomic mass is 10.1. The van der Waals surface area contributed by atoms with Crippen LogP contribution in [0.1, 0.15) is 38.1 Å². The lowest BCUT2D eigenvalue weighted by Crippen LogP contribution is -2.22. The minimum atomic E-state index is -0.193. The molecule has 1 rings (SSSR count). The zero-order valence-electron chi connectivity index (χ0n) is 12.3. The van der Waals surface area contributed by atoms with E-state index in [4.69, 9.17) is 14.2 Å². The molecule has 1 aromatic carbocycles. The summed E-state index contributed by atoms with van der Waals surface area (Å²) >= 11 is 0. The Morgan fingerprint density at radius 1 is 1.16 bits per heavy atom. The molecule has 0 atom stereocenters. The monoisotopic (exact) mass is 266 g/mol. The minimum Gasteiger partial charge on any atom is -0.496 e. The summed E-state index contributed by atoms with van der Waals surface area (Å²) in [5.74, 6) is 0.982. The summed E-state index contributed by atoms with van der Waals surface area (Å²) < 4.78 is 16.4. The number of rotatable bonds is 6. The Balaban J connectivity index is 2.70.